The number of benzene rings is 1. The molecule has 1 heterocycles. The molecule has 0 fully saturated rings. The Morgan fingerprint density at radius 1 is 0.875 bits per heavy atom. The zero-order valence-electron chi connectivity index (χ0n) is 15.4. The molecule has 0 saturated heterocycles. The minimum absolute atomic E-state index is 0.141. The first-order valence-corrected chi connectivity index (χ1v) is 8.21. The van der Waals surface area contributed by atoms with Crippen LogP contribution >= 0.6 is 0 Å². The Hall–Kier alpha value is -2.36. The van der Waals surface area contributed by atoms with Gasteiger partial charge in [0.15, 0.2) is 0 Å². The first-order chi connectivity index (χ1) is 11.0. The van der Waals surface area contributed by atoms with Gasteiger partial charge in [-0.15, -0.1) is 0 Å². The number of hydrogen-bond donors (Lipinski definition) is 2. The molecule has 1 amide bonds. The number of pyridine rings is 1. The van der Waals surface area contributed by atoms with Gasteiger partial charge in [-0.2, -0.15) is 0 Å². The van der Waals surface area contributed by atoms with Crippen LogP contribution in [0.5, 0.6) is 0 Å². The lowest BCUT2D eigenvalue weighted by atomic mass is 9.87. The highest BCUT2D eigenvalue weighted by atomic mass is 16.2. The number of nitrogens with zero attached hydrogens (tertiary/aromatic N) is 1. The van der Waals surface area contributed by atoms with Crippen molar-refractivity contribution in [3.63, 3.8) is 0 Å². The quantitative estimate of drug-likeness (QED) is 0.863. The van der Waals surface area contributed by atoms with Crippen molar-refractivity contribution in [2.24, 2.45) is 0 Å². The van der Waals surface area contributed by atoms with E-state index in [1.54, 1.807) is 12.3 Å². The second-order valence-electron chi connectivity index (χ2n) is 8.09. The fraction of sp³-hybridized carbons (Fsp3) is 0.400. The summed E-state index contributed by atoms with van der Waals surface area (Å²) in [6, 6.07) is 12.0. The zero-order valence-corrected chi connectivity index (χ0v) is 15.4. The largest absolute Gasteiger partial charge is 0.354 e. The van der Waals surface area contributed by atoms with E-state index in [4.69, 9.17) is 0 Å². The number of rotatable bonds is 3. The molecule has 1 aromatic heterocycles. The molecular weight excluding hydrogens is 298 g/mol. The minimum Gasteiger partial charge on any atom is -0.354 e. The molecule has 4 heteroatoms. The van der Waals surface area contributed by atoms with Crippen molar-refractivity contribution < 1.29 is 4.79 Å². The van der Waals surface area contributed by atoms with Crippen molar-refractivity contribution >= 4 is 17.3 Å². The van der Waals surface area contributed by atoms with E-state index in [2.05, 4.69) is 60.7 Å². The maximum Gasteiger partial charge on any atom is 0.270 e. The average molecular weight is 325 g/mol. The molecule has 0 unspecified atom stereocenters. The molecule has 0 bridgehead atoms. The van der Waals surface area contributed by atoms with E-state index in [1.807, 2.05) is 26.8 Å². The van der Waals surface area contributed by atoms with Crippen LogP contribution in [-0.4, -0.2) is 16.4 Å². The van der Waals surface area contributed by atoms with Gasteiger partial charge in [-0.1, -0.05) is 32.9 Å². The van der Waals surface area contributed by atoms with Crippen LogP contribution in [0.1, 0.15) is 57.6 Å². The fourth-order valence-corrected chi connectivity index (χ4v) is 2.23. The summed E-state index contributed by atoms with van der Waals surface area (Å²) in [6.07, 6.45) is 1.68. The second kappa shape index (κ2) is 6.63. The van der Waals surface area contributed by atoms with Crippen molar-refractivity contribution in [1.82, 2.24) is 10.3 Å². The number of hydrogen-bond acceptors (Lipinski definition) is 3. The summed E-state index contributed by atoms with van der Waals surface area (Å²) in [7, 11) is 0. The molecule has 128 valence electrons. The molecule has 0 spiro atoms. The highest BCUT2D eigenvalue weighted by Gasteiger charge is 2.16. The van der Waals surface area contributed by atoms with Crippen molar-refractivity contribution in [3.05, 3.63) is 53.9 Å². The number of carbonyl (C=O) groups is 1. The average Bonchev–Trinajstić information content (AvgIpc) is 2.46. The van der Waals surface area contributed by atoms with E-state index in [-0.39, 0.29) is 16.9 Å². The highest BCUT2D eigenvalue weighted by Crippen LogP contribution is 2.24. The van der Waals surface area contributed by atoms with Crippen molar-refractivity contribution in [1.29, 1.82) is 0 Å². The summed E-state index contributed by atoms with van der Waals surface area (Å²) in [4.78, 5) is 16.3. The van der Waals surface area contributed by atoms with Crippen LogP contribution in [0.4, 0.5) is 11.4 Å². The van der Waals surface area contributed by atoms with Gasteiger partial charge < -0.3 is 10.6 Å². The van der Waals surface area contributed by atoms with Crippen molar-refractivity contribution in [3.8, 4) is 0 Å². The maximum atomic E-state index is 12.1. The van der Waals surface area contributed by atoms with Crippen LogP contribution < -0.4 is 10.6 Å². The Morgan fingerprint density at radius 3 is 1.92 bits per heavy atom. The molecule has 0 radical (unpaired) electrons. The Morgan fingerprint density at radius 2 is 1.46 bits per heavy atom. The predicted octanol–water partition coefficient (Wildman–Crippen LogP) is 4.65. The standard InChI is InChI=1S/C20H27N3O/c1-19(2,3)14-7-9-15(10-8-14)22-16-11-12-17(21-13-16)18(24)23-20(4,5)6/h7-13,22H,1-6H3,(H,23,24). The molecule has 0 aliphatic rings. The molecule has 24 heavy (non-hydrogen) atoms. The van der Waals surface area contributed by atoms with Gasteiger partial charge in [-0.25, -0.2) is 4.98 Å². The van der Waals surface area contributed by atoms with Gasteiger partial charge in [0, 0.05) is 11.2 Å². The van der Waals surface area contributed by atoms with E-state index >= 15 is 0 Å². The number of carbonyl (C=O) groups excluding carboxylic acids is 1. The number of aromatic nitrogens is 1. The Kier molecular flexibility index (Phi) is 4.97. The minimum atomic E-state index is -0.273. The summed E-state index contributed by atoms with van der Waals surface area (Å²) in [6.45, 7) is 12.4. The molecule has 2 rings (SSSR count). The molecule has 0 aliphatic heterocycles. The van der Waals surface area contributed by atoms with Gasteiger partial charge in [-0.3, -0.25) is 4.79 Å². The first-order valence-electron chi connectivity index (χ1n) is 8.21. The zero-order chi connectivity index (χ0) is 18.0. The molecule has 0 aliphatic carbocycles. The summed E-state index contributed by atoms with van der Waals surface area (Å²) in [5.41, 5.74) is 3.42. The van der Waals surface area contributed by atoms with Gasteiger partial charge in [0.05, 0.1) is 11.9 Å². The van der Waals surface area contributed by atoms with E-state index < -0.39 is 0 Å². The van der Waals surface area contributed by atoms with E-state index in [0.29, 0.717) is 5.69 Å². The summed E-state index contributed by atoms with van der Waals surface area (Å²) in [5.74, 6) is -0.163. The second-order valence-corrected chi connectivity index (χ2v) is 8.09. The lowest BCUT2D eigenvalue weighted by Crippen LogP contribution is -2.40. The van der Waals surface area contributed by atoms with Gasteiger partial charge in [-0.05, 0) is 56.0 Å². The van der Waals surface area contributed by atoms with Gasteiger partial charge in [0.2, 0.25) is 0 Å². The third kappa shape index (κ3) is 5.08. The molecule has 2 aromatic rings. The van der Waals surface area contributed by atoms with Crippen LogP contribution in [0.3, 0.4) is 0 Å². The topological polar surface area (TPSA) is 54.0 Å². The van der Waals surface area contributed by atoms with Gasteiger partial charge >= 0.3 is 0 Å². The fourth-order valence-electron chi connectivity index (χ4n) is 2.23. The molecule has 1 aromatic carbocycles. The Bertz CT molecular complexity index is 690. The Labute approximate surface area is 144 Å². The monoisotopic (exact) mass is 325 g/mol. The highest BCUT2D eigenvalue weighted by molar-refractivity contribution is 5.92. The predicted molar refractivity (Wildman–Crippen MR) is 99.9 cm³/mol. The molecule has 0 saturated carbocycles. The lowest BCUT2D eigenvalue weighted by Gasteiger charge is -2.20. The summed E-state index contributed by atoms with van der Waals surface area (Å²) >= 11 is 0. The normalized spacial score (nSPS) is 11.9. The third-order valence-electron chi connectivity index (χ3n) is 3.52. The van der Waals surface area contributed by atoms with Crippen LogP contribution in [0.15, 0.2) is 42.6 Å². The number of nitrogens with one attached hydrogen (secondary N) is 2. The van der Waals surface area contributed by atoms with E-state index in [0.717, 1.165) is 11.4 Å². The molecule has 4 nitrogen and oxygen atoms in total. The summed E-state index contributed by atoms with van der Waals surface area (Å²) in [5, 5.41) is 6.21. The third-order valence-corrected chi connectivity index (χ3v) is 3.52. The van der Waals surface area contributed by atoms with Gasteiger partial charge in [0.1, 0.15) is 5.69 Å². The van der Waals surface area contributed by atoms with Crippen molar-refractivity contribution in [2.75, 3.05) is 5.32 Å². The van der Waals surface area contributed by atoms with Crippen LogP contribution in [0, 0.1) is 0 Å². The number of anilines is 2. The Balaban J connectivity index is 2.05. The van der Waals surface area contributed by atoms with Gasteiger partial charge in [0.25, 0.3) is 5.91 Å². The van der Waals surface area contributed by atoms with E-state index in [9.17, 15) is 4.79 Å². The molecule has 0 atom stereocenters. The lowest BCUT2D eigenvalue weighted by molar-refractivity contribution is 0.0914. The SMILES string of the molecule is CC(C)(C)NC(=O)c1ccc(Nc2ccc(C(C)(C)C)cc2)cn1. The summed E-state index contributed by atoms with van der Waals surface area (Å²) < 4.78 is 0. The molecular formula is C20H27N3O. The smallest absolute Gasteiger partial charge is 0.270 e. The van der Waals surface area contributed by atoms with Crippen LogP contribution in [-0.2, 0) is 5.41 Å². The maximum absolute atomic E-state index is 12.1. The van der Waals surface area contributed by atoms with Crippen molar-refractivity contribution in [2.45, 2.75) is 52.5 Å². The molecule has 2 N–H and O–H groups in total. The number of amides is 1. The van der Waals surface area contributed by atoms with Crippen LogP contribution in [0.2, 0.25) is 0 Å². The first kappa shape index (κ1) is 18.0. The van der Waals surface area contributed by atoms with Crippen LogP contribution in [0.25, 0.3) is 0 Å². The van der Waals surface area contributed by atoms with E-state index in [1.165, 1.54) is 5.56 Å².